The Hall–Kier alpha value is -4.67. The number of ether oxygens (including phenoxy) is 1. The van der Waals surface area contributed by atoms with Gasteiger partial charge in [0.2, 0.25) is 0 Å². The molecule has 0 saturated carbocycles. The second-order valence-corrected chi connectivity index (χ2v) is 8.53. The van der Waals surface area contributed by atoms with E-state index in [1.807, 2.05) is 12.1 Å². The molecule has 4 N–H and O–H groups in total. The number of pyridine rings is 1. The molecule has 5 aromatic rings. The van der Waals surface area contributed by atoms with Crippen molar-refractivity contribution < 1.29 is 9.53 Å². The smallest absolute Gasteiger partial charge is 0.323 e. The second kappa shape index (κ2) is 10.5. The number of hydrogen-bond acceptors (Lipinski definition) is 7. The molecule has 184 valence electrons. The molecule has 0 aliphatic rings. The quantitative estimate of drug-likeness (QED) is 0.242. The number of nitrogen functional groups attached to an aromatic ring is 1. The monoisotopic (exact) mass is 532 g/mol. The number of rotatable bonds is 6. The van der Waals surface area contributed by atoms with Crippen LogP contribution in [0.15, 0.2) is 85.6 Å². The topological polar surface area (TPSA) is 133 Å². The molecule has 0 saturated heterocycles. The molecule has 0 fully saturated rings. The molecule has 3 aromatic heterocycles. The van der Waals surface area contributed by atoms with E-state index in [0.29, 0.717) is 38.7 Å². The van der Waals surface area contributed by atoms with Crippen LogP contribution in [-0.4, -0.2) is 30.8 Å². The fourth-order valence-electron chi connectivity index (χ4n) is 3.42. The summed E-state index contributed by atoms with van der Waals surface area (Å²) in [7, 11) is 0. The van der Waals surface area contributed by atoms with Crippen LogP contribution >= 0.6 is 23.2 Å². The van der Waals surface area contributed by atoms with Gasteiger partial charge >= 0.3 is 12.0 Å². The minimum atomic E-state index is -0.488. The van der Waals surface area contributed by atoms with Crippen LogP contribution in [0.3, 0.4) is 0 Å². The Labute approximate surface area is 221 Å². The summed E-state index contributed by atoms with van der Waals surface area (Å²) in [6.45, 7) is 0. The maximum absolute atomic E-state index is 12.6. The highest BCUT2D eigenvalue weighted by molar-refractivity contribution is 6.31. The number of amides is 2. The number of carbonyl (C=O) groups is 1. The molecule has 5 rings (SSSR count). The van der Waals surface area contributed by atoms with Crippen molar-refractivity contribution in [2.75, 3.05) is 16.4 Å². The third kappa shape index (κ3) is 5.77. The molecule has 0 bridgehead atoms. The Morgan fingerprint density at radius 3 is 2.43 bits per heavy atom. The van der Waals surface area contributed by atoms with E-state index >= 15 is 0 Å². The maximum Gasteiger partial charge on any atom is 0.323 e. The van der Waals surface area contributed by atoms with Crippen LogP contribution < -0.4 is 21.1 Å². The van der Waals surface area contributed by atoms with Crippen molar-refractivity contribution in [1.82, 2.24) is 24.7 Å². The fraction of sp³-hybridized carbons (Fsp3) is 0. The molecule has 0 unspecified atom stereocenters. The van der Waals surface area contributed by atoms with Gasteiger partial charge in [-0.05, 0) is 48.0 Å². The van der Waals surface area contributed by atoms with Crippen LogP contribution in [0, 0.1) is 0 Å². The van der Waals surface area contributed by atoms with Gasteiger partial charge in [-0.3, -0.25) is 0 Å². The van der Waals surface area contributed by atoms with Crippen LogP contribution in [0.1, 0.15) is 0 Å². The van der Waals surface area contributed by atoms with Gasteiger partial charge in [-0.15, -0.1) is 0 Å². The summed E-state index contributed by atoms with van der Waals surface area (Å²) in [5.41, 5.74) is 9.01. The number of carbonyl (C=O) groups excluding carboxylic acids is 1. The van der Waals surface area contributed by atoms with Gasteiger partial charge in [0, 0.05) is 29.2 Å². The Balaban J connectivity index is 1.22. The Bertz CT molecular complexity index is 1540. The first-order valence-electron chi connectivity index (χ1n) is 10.8. The molecule has 37 heavy (non-hydrogen) atoms. The van der Waals surface area contributed by atoms with E-state index in [1.165, 1.54) is 18.6 Å². The molecule has 0 aliphatic carbocycles. The molecule has 0 radical (unpaired) electrons. The van der Waals surface area contributed by atoms with Crippen molar-refractivity contribution in [3.8, 4) is 28.6 Å². The molecule has 12 heteroatoms. The van der Waals surface area contributed by atoms with Gasteiger partial charge in [0.05, 0.1) is 34.5 Å². The van der Waals surface area contributed by atoms with Gasteiger partial charge in [0.15, 0.2) is 0 Å². The Morgan fingerprint density at radius 2 is 1.70 bits per heavy atom. The molecule has 0 atom stereocenters. The number of nitrogens with two attached hydrogens (primary N) is 1. The lowest BCUT2D eigenvalue weighted by Gasteiger charge is -2.12. The van der Waals surface area contributed by atoms with Gasteiger partial charge in [0.25, 0.3) is 0 Å². The van der Waals surface area contributed by atoms with Gasteiger partial charge in [0.1, 0.15) is 11.6 Å². The molecule has 0 aliphatic heterocycles. The number of hydrogen-bond donors (Lipinski definition) is 3. The third-order valence-corrected chi connectivity index (χ3v) is 5.55. The van der Waals surface area contributed by atoms with E-state index in [4.69, 9.17) is 33.7 Å². The maximum atomic E-state index is 12.6. The Morgan fingerprint density at radius 1 is 0.919 bits per heavy atom. The largest absolute Gasteiger partial charge is 0.424 e. The first-order valence-corrected chi connectivity index (χ1v) is 11.6. The van der Waals surface area contributed by atoms with Crippen molar-refractivity contribution in [1.29, 1.82) is 0 Å². The lowest BCUT2D eigenvalue weighted by Crippen LogP contribution is -2.20. The van der Waals surface area contributed by atoms with Crippen LogP contribution in [0.4, 0.5) is 22.0 Å². The summed E-state index contributed by atoms with van der Waals surface area (Å²) in [4.78, 5) is 24.9. The molecule has 2 amide bonds. The van der Waals surface area contributed by atoms with Crippen molar-refractivity contribution in [2.24, 2.45) is 0 Å². The highest BCUT2D eigenvalue weighted by Gasteiger charge is 2.11. The number of halogens is 2. The first-order chi connectivity index (χ1) is 17.9. The van der Waals surface area contributed by atoms with Crippen LogP contribution in [0.25, 0.3) is 16.8 Å². The number of aromatic nitrogens is 5. The predicted octanol–water partition coefficient (Wildman–Crippen LogP) is 6.05. The van der Waals surface area contributed by atoms with Crippen molar-refractivity contribution in [3.63, 3.8) is 0 Å². The summed E-state index contributed by atoms with van der Waals surface area (Å²) < 4.78 is 7.30. The van der Waals surface area contributed by atoms with Crippen LogP contribution in [0.2, 0.25) is 10.0 Å². The lowest BCUT2D eigenvalue weighted by molar-refractivity contribution is 0.262. The minimum absolute atomic E-state index is 0.112. The standard InChI is InChI=1S/C25H18Cl2N8O2/c26-16-4-7-21(22(11-16)35-9-1-8-32-35)34-24(36)33-18-13-30-25(31-14-18)37-19-5-2-15(3-6-19)20-10-17(27)12-29-23(20)28/h1-14H,(H2,28,29)(H2,33,34,36). The SMILES string of the molecule is Nc1ncc(Cl)cc1-c1ccc(Oc2ncc(NC(=O)Nc3ccc(Cl)cc3-n3cccn3)cn2)cc1. The van der Waals surface area contributed by atoms with E-state index in [0.717, 1.165) is 11.1 Å². The molecule has 10 nitrogen and oxygen atoms in total. The summed E-state index contributed by atoms with van der Waals surface area (Å²) in [5, 5.41) is 10.7. The average Bonchev–Trinajstić information content (AvgIpc) is 3.43. The van der Waals surface area contributed by atoms with E-state index in [-0.39, 0.29) is 6.01 Å². The highest BCUT2D eigenvalue weighted by Crippen LogP contribution is 2.29. The van der Waals surface area contributed by atoms with Gasteiger partial charge in [-0.25, -0.2) is 24.4 Å². The number of anilines is 3. The highest BCUT2D eigenvalue weighted by atomic mass is 35.5. The summed E-state index contributed by atoms with van der Waals surface area (Å²) in [5.74, 6) is 0.895. The van der Waals surface area contributed by atoms with E-state index in [9.17, 15) is 4.79 Å². The zero-order valence-electron chi connectivity index (χ0n) is 19.0. The summed E-state index contributed by atoms with van der Waals surface area (Å²) in [6, 6.07) is 15.4. The number of nitrogens with one attached hydrogen (secondary N) is 2. The molecule has 0 spiro atoms. The summed E-state index contributed by atoms with van der Waals surface area (Å²) >= 11 is 12.1. The van der Waals surface area contributed by atoms with E-state index in [1.54, 1.807) is 59.5 Å². The van der Waals surface area contributed by atoms with Crippen molar-refractivity contribution in [2.45, 2.75) is 0 Å². The zero-order chi connectivity index (χ0) is 25.8. The second-order valence-electron chi connectivity index (χ2n) is 7.66. The van der Waals surface area contributed by atoms with E-state index < -0.39 is 6.03 Å². The molecule has 3 heterocycles. The number of benzene rings is 2. The number of urea groups is 1. The lowest BCUT2D eigenvalue weighted by atomic mass is 10.1. The van der Waals surface area contributed by atoms with Gasteiger partial charge in [-0.2, -0.15) is 5.10 Å². The summed E-state index contributed by atoms with van der Waals surface area (Å²) in [6.07, 6.45) is 7.74. The van der Waals surface area contributed by atoms with Crippen molar-refractivity contribution in [3.05, 3.63) is 95.6 Å². The Kier molecular flexibility index (Phi) is 6.84. The normalized spacial score (nSPS) is 10.6. The zero-order valence-corrected chi connectivity index (χ0v) is 20.5. The first kappa shape index (κ1) is 24.0. The van der Waals surface area contributed by atoms with Gasteiger partial charge in [-0.1, -0.05) is 35.3 Å². The molecule has 2 aromatic carbocycles. The molecular formula is C25H18Cl2N8O2. The average molecular weight is 533 g/mol. The number of nitrogens with zero attached hydrogens (tertiary/aromatic N) is 5. The minimum Gasteiger partial charge on any atom is -0.424 e. The predicted molar refractivity (Wildman–Crippen MR) is 142 cm³/mol. The van der Waals surface area contributed by atoms with Crippen molar-refractivity contribution >= 4 is 46.4 Å². The fourth-order valence-corrected chi connectivity index (χ4v) is 3.74. The van der Waals surface area contributed by atoms with Crippen LogP contribution in [0.5, 0.6) is 11.8 Å². The third-order valence-electron chi connectivity index (χ3n) is 5.10. The van der Waals surface area contributed by atoms with Crippen LogP contribution in [-0.2, 0) is 0 Å². The molecular weight excluding hydrogens is 515 g/mol. The van der Waals surface area contributed by atoms with Gasteiger partial charge < -0.3 is 21.1 Å². The van der Waals surface area contributed by atoms with E-state index in [2.05, 4.69) is 30.7 Å².